The van der Waals surface area contributed by atoms with Gasteiger partial charge in [-0.25, -0.2) is 0 Å². The van der Waals surface area contributed by atoms with Gasteiger partial charge in [-0.2, -0.15) is 0 Å². The molecular weight excluding hydrogens is 804 g/mol. The summed E-state index contributed by atoms with van der Waals surface area (Å²) < 4.78 is 0. The monoisotopic (exact) mass is 802 g/mol. The molecule has 73 valence electrons. The van der Waals surface area contributed by atoms with Crippen molar-refractivity contribution in [2.75, 3.05) is 0 Å². The van der Waals surface area contributed by atoms with Gasteiger partial charge in [-0.15, -0.1) is 0 Å². The van der Waals surface area contributed by atoms with E-state index >= 15 is 0 Å². The zero-order valence-electron chi connectivity index (χ0n) is 4.48. The Morgan fingerprint density at radius 3 is 0.273 bits per heavy atom. The zero-order chi connectivity index (χ0) is 0. The quantitative estimate of drug-likeness (QED) is 0.326. The van der Waals surface area contributed by atoms with Crippen molar-refractivity contribution in [3.05, 3.63) is 30.8 Å². The molecule has 0 aliphatic carbocycles. The minimum absolute atomic E-state index is 0. The molecule has 0 unspecified atom stereocenters. The summed E-state index contributed by atoms with van der Waals surface area (Å²) in [7, 11) is 0. The van der Waals surface area contributed by atoms with Crippen LogP contribution in [0.25, 0.3) is 30.8 Å². The van der Waals surface area contributed by atoms with Crippen LogP contribution in [-0.2, 0) is 118 Å². The summed E-state index contributed by atoms with van der Waals surface area (Å²) in [5.41, 5.74) is 0. The van der Waals surface area contributed by atoms with Gasteiger partial charge >= 0.3 is 67.1 Å². The van der Waals surface area contributed by atoms with Gasteiger partial charge in [-0.1, -0.05) is 0 Å². The maximum atomic E-state index is 0. The largest absolute Gasteiger partial charge is 5.00 e. The summed E-state index contributed by atoms with van der Waals surface area (Å²) in [6.45, 7) is 0. The number of hydrogen-bond acceptors (Lipinski definition) is 0. The van der Waals surface area contributed by atoms with Crippen LogP contribution < -0.4 is 0 Å². The Kier molecular flexibility index (Phi) is 3200. The average molecular weight is 804 g/mol. The second-order valence-corrected chi connectivity index (χ2v) is 0. The van der Waals surface area contributed by atoms with Crippen LogP contribution >= 0.6 is 0 Å². The van der Waals surface area contributed by atoms with Crippen LogP contribution in [-0.4, -0.2) is 0 Å². The summed E-state index contributed by atoms with van der Waals surface area (Å²) in [6, 6.07) is 0. The van der Waals surface area contributed by atoms with E-state index in [4.69, 9.17) is 0 Å². The molecule has 0 atom stereocenters. The predicted octanol–water partition coefficient (Wildman–Crippen LogP) is 1.43. The molecule has 0 aromatic rings. The molecule has 0 spiro atoms. The molecule has 0 bridgehead atoms. The van der Waals surface area contributed by atoms with Crippen LogP contribution in [0.5, 0.6) is 0 Å². The molecule has 0 saturated heterocycles. The van der Waals surface area contributed by atoms with E-state index in [1.807, 2.05) is 0 Å². The maximum Gasteiger partial charge on any atom is 5.00 e. The van der Waals surface area contributed by atoms with Crippen molar-refractivity contribution < 1.29 is 118 Å². The molecule has 3 radical (unpaired) electrons. The number of hydrogen-bond donors (Lipinski definition) is 0. The first-order valence-electron chi connectivity index (χ1n) is 0. The fraction of sp³-hybridized carbons (Fsp3) is 0. The van der Waals surface area contributed by atoms with Gasteiger partial charge in [0.2, 0.25) is 0 Å². The molecule has 5 nitrogen and oxygen atoms in total. The van der Waals surface area contributed by atoms with Gasteiger partial charge in [0, 0.05) is 51.2 Å². The molecule has 0 heterocycles. The average Bonchev–Trinajstić information content (AvgIpc) is 0. The summed E-state index contributed by atoms with van der Waals surface area (Å²) in [6.07, 6.45) is 0. The molecule has 0 fully saturated rings. The normalized spacial score (nSPS) is 0. The molecule has 11 heavy (non-hydrogen) atoms. The molecule has 0 aromatic carbocycles. The maximum absolute atomic E-state index is 0. The summed E-state index contributed by atoms with van der Waals surface area (Å²) in [5.74, 6) is 0. The first-order valence-corrected chi connectivity index (χ1v) is 0. The van der Waals surface area contributed by atoms with E-state index in [9.17, 15) is 0 Å². The van der Waals surface area contributed by atoms with Crippen molar-refractivity contribution in [3.8, 4) is 0 Å². The zero-order valence-corrected chi connectivity index (χ0v) is 16.9. The van der Waals surface area contributed by atoms with E-state index in [0.29, 0.717) is 0 Å². The van der Waals surface area contributed by atoms with Crippen molar-refractivity contribution in [3.63, 3.8) is 0 Å². The third-order valence-corrected chi connectivity index (χ3v) is 0. The van der Waals surface area contributed by atoms with Crippen LogP contribution in [0.3, 0.4) is 0 Å². The Morgan fingerprint density at radius 2 is 0.273 bits per heavy atom. The van der Waals surface area contributed by atoms with Crippen molar-refractivity contribution in [2.45, 2.75) is 0 Å². The summed E-state index contributed by atoms with van der Waals surface area (Å²) >= 11 is 0. The van der Waals surface area contributed by atoms with Crippen LogP contribution in [0, 0.1) is 0 Å². The topological polar surface area (TPSA) is 152 Å². The van der Waals surface area contributed by atoms with E-state index in [-0.39, 0.29) is 149 Å². The first kappa shape index (κ1) is 210. The third-order valence-electron chi connectivity index (χ3n) is 0. The van der Waals surface area contributed by atoms with E-state index in [0.717, 1.165) is 0 Å². The number of nitrogens with zero attached hydrogens (tertiary/aromatic N) is 5. The molecule has 11 heteroatoms. The minimum atomic E-state index is 0. The smallest absolute Gasteiger partial charge is 3.00 e. The van der Waals surface area contributed by atoms with Crippen molar-refractivity contribution in [1.29, 1.82) is 0 Å². The van der Waals surface area contributed by atoms with Crippen molar-refractivity contribution in [1.82, 2.24) is 0 Å². The Bertz CT molecular complexity index is 16.9. The van der Waals surface area contributed by atoms with Gasteiger partial charge in [0.1, 0.15) is 0 Å². The van der Waals surface area contributed by atoms with Gasteiger partial charge in [0.05, 0.1) is 0 Å². The third kappa shape index (κ3) is 142. The van der Waals surface area contributed by atoms with Crippen molar-refractivity contribution >= 4 is 0 Å². The molecule has 0 rings (SSSR count). The van der Waals surface area contributed by atoms with Gasteiger partial charge in [-0.3, -0.25) is 0 Å². The van der Waals surface area contributed by atoms with E-state index in [1.54, 1.807) is 0 Å². The Morgan fingerprint density at radius 1 is 0.273 bits per heavy atom. The van der Waals surface area contributed by atoms with Crippen LogP contribution in [0.4, 0.5) is 0 Å². The summed E-state index contributed by atoms with van der Waals surface area (Å²) in [4.78, 5) is 0. The molecule has 0 aliphatic rings. The SMILES string of the molecule is [Cu].[Cu].[Cu].[N-3].[N-3].[N-3].[N-3].[N-3].[Ta+5].[Ta+5].[Ta+5]. The van der Waals surface area contributed by atoms with Gasteiger partial charge in [0.15, 0.2) is 0 Å². The fourth-order valence-electron chi connectivity index (χ4n) is 0. The van der Waals surface area contributed by atoms with E-state index in [2.05, 4.69) is 0 Å². The molecule has 0 aromatic heterocycles. The molecular formula is Cu3N5Ta3. The Hall–Kier alpha value is 3.58. The van der Waals surface area contributed by atoms with Crippen LogP contribution in [0.1, 0.15) is 0 Å². The summed E-state index contributed by atoms with van der Waals surface area (Å²) in [5, 5.41) is 0. The molecule has 0 amide bonds. The Balaban J connectivity index is 0. The fourth-order valence-corrected chi connectivity index (χ4v) is 0. The van der Waals surface area contributed by atoms with Crippen LogP contribution in [0.15, 0.2) is 0 Å². The molecule has 0 saturated carbocycles. The second-order valence-electron chi connectivity index (χ2n) is 0. The van der Waals surface area contributed by atoms with Crippen molar-refractivity contribution in [2.24, 2.45) is 0 Å². The van der Waals surface area contributed by atoms with Gasteiger partial charge in [-0.05, 0) is 0 Å². The van der Waals surface area contributed by atoms with Gasteiger partial charge in [0.25, 0.3) is 0 Å². The molecule has 0 aliphatic heterocycles. The Labute approximate surface area is 147 Å². The van der Waals surface area contributed by atoms with E-state index < -0.39 is 0 Å². The molecule has 0 N–H and O–H groups in total. The van der Waals surface area contributed by atoms with Crippen LogP contribution in [0.2, 0.25) is 0 Å². The number of rotatable bonds is 0. The minimum Gasteiger partial charge on any atom is -3.00 e. The standard InChI is InChI=1S/3Cu.5N.3Ta/q;;;5*-3;3*+5. The predicted molar refractivity (Wildman–Crippen MR) is 16.8 cm³/mol. The van der Waals surface area contributed by atoms with Gasteiger partial charge < -0.3 is 30.8 Å². The van der Waals surface area contributed by atoms with E-state index in [1.165, 1.54) is 0 Å². The first-order chi connectivity index (χ1) is 0. The second kappa shape index (κ2) is 168.